The highest BCUT2D eigenvalue weighted by molar-refractivity contribution is 14.0. The molecule has 6 nitrogen and oxygen atoms in total. The highest BCUT2D eigenvalue weighted by atomic mass is 127. The van der Waals surface area contributed by atoms with Gasteiger partial charge in [0.1, 0.15) is 5.82 Å². The van der Waals surface area contributed by atoms with Crippen molar-refractivity contribution in [3.63, 3.8) is 0 Å². The van der Waals surface area contributed by atoms with Gasteiger partial charge in [0, 0.05) is 50.7 Å². The summed E-state index contributed by atoms with van der Waals surface area (Å²) in [6.45, 7) is 6.93. The number of methoxy groups -OCH3 is 1. The van der Waals surface area contributed by atoms with Gasteiger partial charge in [-0.25, -0.2) is 14.4 Å². The van der Waals surface area contributed by atoms with Gasteiger partial charge < -0.3 is 19.9 Å². The number of anilines is 1. The van der Waals surface area contributed by atoms with Crippen LogP contribution in [0.4, 0.5) is 10.1 Å². The van der Waals surface area contributed by atoms with Crippen molar-refractivity contribution >= 4 is 35.6 Å². The maximum absolute atomic E-state index is 13.1. The second-order valence-corrected chi connectivity index (χ2v) is 6.33. The predicted octanol–water partition coefficient (Wildman–Crippen LogP) is 3.14. The maximum Gasteiger partial charge on any atom is 0.213 e. The number of rotatable bonds is 5. The van der Waals surface area contributed by atoms with E-state index in [2.05, 4.69) is 27.0 Å². The fourth-order valence-electron chi connectivity index (χ4n) is 3.08. The first-order valence-corrected chi connectivity index (χ1v) is 9.22. The number of hydrogen-bond donors (Lipinski definition) is 1. The third kappa shape index (κ3) is 5.95. The van der Waals surface area contributed by atoms with E-state index in [4.69, 9.17) is 9.73 Å². The van der Waals surface area contributed by atoms with Gasteiger partial charge in [-0.2, -0.15) is 0 Å². The number of halogens is 2. The fourth-order valence-corrected chi connectivity index (χ4v) is 3.08. The average Bonchev–Trinajstić information content (AvgIpc) is 2.72. The maximum atomic E-state index is 13.1. The van der Waals surface area contributed by atoms with Gasteiger partial charge >= 0.3 is 0 Å². The lowest BCUT2D eigenvalue weighted by Crippen LogP contribution is -2.52. The number of benzene rings is 1. The molecule has 0 bridgehead atoms. The molecule has 0 spiro atoms. The lowest BCUT2D eigenvalue weighted by molar-refractivity contribution is 0.372. The molecule has 1 aromatic heterocycles. The van der Waals surface area contributed by atoms with E-state index >= 15 is 0 Å². The van der Waals surface area contributed by atoms with E-state index in [-0.39, 0.29) is 29.8 Å². The second kappa shape index (κ2) is 11.0. The summed E-state index contributed by atoms with van der Waals surface area (Å²) in [4.78, 5) is 13.4. The van der Waals surface area contributed by atoms with Gasteiger partial charge in [0.05, 0.1) is 13.7 Å². The third-order valence-electron chi connectivity index (χ3n) is 4.53. The van der Waals surface area contributed by atoms with E-state index in [1.807, 2.05) is 24.3 Å². The third-order valence-corrected chi connectivity index (χ3v) is 4.53. The van der Waals surface area contributed by atoms with Crippen LogP contribution in [0.1, 0.15) is 12.5 Å². The lowest BCUT2D eigenvalue weighted by Gasteiger charge is -2.37. The van der Waals surface area contributed by atoms with E-state index in [9.17, 15) is 4.39 Å². The quantitative estimate of drug-likeness (QED) is 0.390. The number of nitrogens with one attached hydrogen (secondary N) is 1. The summed E-state index contributed by atoms with van der Waals surface area (Å²) in [5.74, 6) is 1.30. The van der Waals surface area contributed by atoms with Crippen LogP contribution in [0.3, 0.4) is 0 Å². The van der Waals surface area contributed by atoms with E-state index < -0.39 is 0 Å². The Morgan fingerprint density at radius 3 is 2.54 bits per heavy atom. The molecule has 3 rings (SSSR count). The Morgan fingerprint density at radius 1 is 1.18 bits per heavy atom. The molecule has 152 valence electrons. The molecule has 2 aromatic rings. The van der Waals surface area contributed by atoms with Crippen LogP contribution in [0.2, 0.25) is 0 Å². The Bertz CT molecular complexity index is 763. The summed E-state index contributed by atoms with van der Waals surface area (Å²) in [5, 5.41) is 3.37. The van der Waals surface area contributed by atoms with Crippen LogP contribution in [-0.2, 0) is 6.54 Å². The smallest absolute Gasteiger partial charge is 0.213 e. The van der Waals surface area contributed by atoms with Crippen molar-refractivity contribution in [2.24, 2.45) is 4.99 Å². The van der Waals surface area contributed by atoms with E-state index in [0.717, 1.165) is 49.9 Å². The zero-order valence-corrected chi connectivity index (χ0v) is 18.6. The molecule has 1 aliphatic heterocycles. The van der Waals surface area contributed by atoms with Crippen LogP contribution < -0.4 is 15.0 Å². The summed E-state index contributed by atoms with van der Waals surface area (Å²) in [6.07, 6.45) is 1.73. The molecular formula is C20H27FIN5O. The molecule has 0 aliphatic carbocycles. The van der Waals surface area contributed by atoms with Crippen LogP contribution >= 0.6 is 24.0 Å². The van der Waals surface area contributed by atoms with Crippen molar-refractivity contribution in [3.8, 4) is 5.88 Å². The van der Waals surface area contributed by atoms with Crippen LogP contribution in [0.25, 0.3) is 0 Å². The standard InChI is InChI=1S/C20H26FN5O.HI/c1-3-22-20(24-15-16-8-9-23-19(14-16)27-2)26-12-10-25(11-13-26)18-6-4-17(21)5-7-18;/h4-9,14H,3,10-13,15H2,1-2H3,(H,22,24);1H. The van der Waals surface area contributed by atoms with Gasteiger partial charge in [-0.3, -0.25) is 0 Å². The minimum Gasteiger partial charge on any atom is -0.481 e. The average molecular weight is 499 g/mol. The number of nitrogens with zero attached hydrogens (tertiary/aromatic N) is 4. The Kier molecular flexibility index (Phi) is 8.75. The molecule has 1 fully saturated rings. The first-order chi connectivity index (χ1) is 13.2. The fraction of sp³-hybridized carbons (Fsp3) is 0.400. The zero-order valence-electron chi connectivity index (χ0n) is 16.3. The first-order valence-electron chi connectivity index (χ1n) is 9.22. The number of aromatic nitrogens is 1. The number of aliphatic imine (C=N–C) groups is 1. The van der Waals surface area contributed by atoms with Gasteiger partial charge in [0.2, 0.25) is 5.88 Å². The molecule has 28 heavy (non-hydrogen) atoms. The van der Waals surface area contributed by atoms with Crippen molar-refractivity contribution in [1.29, 1.82) is 0 Å². The SMILES string of the molecule is CCNC(=NCc1ccnc(OC)c1)N1CCN(c2ccc(F)cc2)CC1.I. The van der Waals surface area contributed by atoms with Gasteiger partial charge in [-0.05, 0) is 42.8 Å². The van der Waals surface area contributed by atoms with Crippen molar-refractivity contribution in [2.45, 2.75) is 13.5 Å². The molecule has 1 aliphatic rings. The Morgan fingerprint density at radius 2 is 1.89 bits per heavy atom. The largest absolute Gasteiger partial charge is 0.481 e. The molecule has 8 heteroatoms. The molecule has 0 unspecified atom stereocenters. The summed E-state index contributed by atoms with van der Waals surface area (Å²) in [5.41, 5.74) is 2.11. The monoisotopic (exact) mass is 499 g/mol. The van der Waals surface area contributed by atoms with Crippen LogP contribution in [0.5, 0.6) is 5.88 Å². The molecule has 1 aromatic carbocycles. The minimum atomic E-state index is -0.202. The van der Waals surface area contributed by atoms with Crippen LogP contribution in [0.15, 0.2) is 47.6 Å². The highest BCUT2D eigenvalue weighted by Crippen LogP contribution is 2.17. The molecular weight excluding hydrogens is 472 g/mol. The van der Waals surface area contributed by atoms with Crippen molar-refractivity contribution < 1.29 is 9.13 Å². The Hall–Kier alpha value is -2.10. The summed E-state index contributed by atoms with van der Waals surface area (Å²) < 4.78 is 18.3. The molecule has 0 radical (unpaired) electrons. The summed E-state index contributed by atoms with van der Waals surface area (Å²) in [7, 11) is 1.61. The van der Waals surface area contributed by atoms with E-state index in [1.54, 1.807) is 13.3 Å². The van der Waals surface area contributed by atoms with Gasteiger partial charge in [-0.1, -0.05) is 0 Å². The summed E-state index contributed by atoms with van der Waals surface area (Å²) >= 11 is 0. The second-order valence-electron chi connectivity index (χ2n) is 6.33. The lowest BCUT2D eigenvalue weighted by atomic mass is 10.2. The number of hydrogen-bond acceptors (Lipinski definition) is 4. The minimum absolute atomic E-state index is 0. The molecule has 2 heterocycles. The molecule has 1 saturated heterocycles. The first kappa shape index (κ1) is 22.2. The van der Waals surface area contributed by atoms with Crippen molar-refractivity contribution in [2.75, 3.05) is 44.7 Å². The predicted molar refractivity (Wildman–Crippen MR) is 121 cm³/mol. The number of ether oxygens (including phenoxy) is 1. The van der Waals surface area contributed by atoms with Crippen molar-refractivity contribution in [3.05, 3.63) is 54.0 Å². The van der Waals surface area contributed by atoms with E-state index in [0.29, 0.717) is 12.4 Å². The molecule has 0 saturated carbocycles. The number of pyridine rings is 1. The number of piperazine rings is 1. The van der Waals surface area contributed by atoms with Crippen LogP contribution in [0, 0.1) is 5.82 Å². The van der Waals surface area contributed by atoms with Crippen LogP contribution in [-0.4, -0.2) is 55.7 Å². The zero-order chi connectivity index (χ0) is 19.1. The van der Waals surface area contributed by atoms with Gasteiger partial charge in [0.15, 0.2) is 5.96 Å². The number of guanidine groups is 1. The van der Waals surface area contributed by atoms with E-state index in [1.165, 1.54) is 12.1 Å². The Balaban J connectivity index is 0.00000280. The van der Waals surface area contributed by atoms with Gasteiger partial charge in [0.25, 0.3) is 0 Å². The normalized spacial score (nSPS) is 14.5. The molecule has 0 atom stereocenters. The van der Waals surface area contributed by atoms with Crippen molar-refractivity contribution in [1.82, 2.24) is 15.2 Å². The highest BCUT2D eigenvalue weighted by Gasteiger charge is 2.19. The van der Waals surface area contributed by atoms with Gasteiger partial charge in [-0.15, -0.1) is 24.0 Å². The Labute approximate surface area is 182 Å². The summed E-state index contributed by atoms with van der Waals surface area (Å²) in [6, 6.07) is 10.5. The molecule has 1 N–H and O–H groups in total. The molecule has 0 amide bonds. The topological polar surface area (TPSA) is 53.0 Å².